The number of benzene rings is 1. The van der Waals surface area contributed by atoms with Crippen LogP contribution >= 0.6 is 0 Å². The minimum Gasteiger partial charge on any atom is -0.508 e. The lowest BCUT2D eigenvalue weighted by atomic mass is 10.0. The molecule has 150 valence electrons. The van der Waals surface area contributed by atoms with Crippen LogP contribution in [0.1, 0.15) is 62.5 Å². The molecule has 1 aromatic carbocycles. The summed E-state index contributed by atoms with van der Waals surface area (Å²) in [6.45, 7) is 5.75. The number of aryl methyl sites for hydroxylation is 1. The second kappa shape index (κ2) is 16.3. The Balaban J connectivity index is 2.05. The SMILES string of the molecule is C=CC/C=C\C/C=C\CCCCCCCc1ccc(CNCCN)c(O)c1. The normalized spacial score (nSPS) is 11.6. The van der Waals surface area contributed by atoms with Gasteiger partial charge in [-0.2, -0.15) is 0 Å². The Hall–Kier alpha value is -1.84. The lowest BCUT2D eigenvalue weighted by molar-refractivity contribution is 0.463. The van der Waals surface area contributed by atoms with Gasteiger partial charge in [0.15, 0.2) is 0 Å². The van der Waals surface area contributed by atoms with Gasteiger partial charge in [-0.3, -0.25) is 0 Å². The van der Waals surface area contributed by atoms with Crippen LogP contribution in [-0.2, 0) is 13.0 Å². The fourth-order valence-corrected chi connectivity index (χ4v) is 2.94. The van der Waals surface area contributed by atoms with Gasteiger partial charge in [0.2, 0.25) is 0 Å². The zero-order valence-electron chi connectivity index (χ0n) is 16.8. The van der Waals surface area contributed by atoms with E-state index in [9.17, 15) is 5.11 Å². The van der Waals surface area contributed by atoms with E-state index in [0.29, 0.717) is 18.8 Å². The van der Waals surface area contributed by atoms with E-state index < -0.39 is 0 Å². The van der Waals surface area contributed by atoms with Crippen molar-refractivity contribution in [2.24, 2.45) is 5.73 Å². The summed E-state index contributed by atoms with van der Waals surface area (Å²) < 4.78 is 0. The molecular weight excluding hydrogens is 332 g/mol. The number of nitrogens with two attached hydrogens (primary N) is 1. The van der Waals surface area contributed by atoms with Crippen molar-refractivity contribution in [3.8, 4) is 5.75 Å². The van der Waals surface area contributed by atoms with Gasteiger partial charge in [-0.1, -0.05) is 61.8 Å². The second-order valence-corrected chi connectivity index (χ2v) is 6.94. The zero-order valence-corrected chi connectivity index (χ0v) is 16.8. The maximum absolute atomic E-state index is 10.1. The van der Waals surface area contributed by atoms with E-state index in [2.05, 4.69) is 42.3 Å². The van der Waals surface area contributed by atoms with Gasteiger partial charge in [0.25, 0.3) is 0 Å². The summed E-state index contributed by atoms with van der Waals surface area (Å²) in [7, 11) is 0. The lowest BCUT2D eigenvalue weighted by Crippen LogP contribution is -2.21. The van der Waals surface area contributed by atoms with E-state index >= 15 is 0 Å². The first kappa shape index (κ1) is 23.2. The molecule has 0 heterocycles. The van der Waals surface area contributed by atoms with Crippen molar-refractivity contribution in [3.63, 3.8) is 0 Å². The Morgan fingerprint density at radius 3 is 2.48 bits per heavy atom. The predicted molar refractivity (Wildman–Crippen MR) is 118 cm³/mol. The summed E-state index contributed by atoms with van der Waals surface area (Å²) in [5, 5.41) is 13.3. The van der Waals surface area contributed by atoms with Gasteiger partial charge in [0.05, 0.1) is 0 Å². The predicted octanol–water partition coefficient (Wildman–Crippen LogP) is 5.40. The van der Waals surface area contributed by atoms with Crippen molar-refractivity contribution in [2.75, 3.05) is 13.1 Å². The first-order chi connectivity index (χ1) is 13.3. The zero-order chi connectivity index (χ0) is 19.6. The van der Waals surface area contributed by atoms with E-state index in [-0.39, 0.29) is 0 Å². The fraction of sp³-hybridized carbons (Fsp3) is 0.500. The van der Waals surface area contributed by atoms with Crippen molar-refractivity contribution in [1.82, 2.24) is 5.32 Å². The van der Waals surface area contributed by atoms with E-state index in [1.54, 1.807) is 0 Å². The summed E-state index contributed by atoms with van der Waals surface area (Å²) in [4.78, 5) is 0. The van der Waals surface area contributed by atoms with Crippen LogP contribution in [-0.4, -0.2) is 18.2 Å². The third-order valence-electron chi connectivity index (χ3n) is 4.53. The Morgan fingerprint density at radius 1 is 0.963 bits per heavy atom. The van der Waals surface area contributed by atoms with Crippen molar-refractivity contribution in [3.05, 3.63) is 66.3 Å². The maximum atomic E-state index is 10.1. The third-order valence-corrected chi connectivity index (χ3v) is 4.53. The molecule has 0 aliphatic rings. The highest BCUT2D eigenvalue weighted by Crippen LogP contribution is 2.20. The number of phenols is 1. The van der Waals surface area contributed by atoms with Gasteiger partial charge in [-0.15, -0.1) is 6.58 Å². The van der Waals surface area contributed by atoms with E-state index in [0.717, 1.165) is 31.4 Å². The van der Waals surface area contributed by atoms with Gasteiger partial charge in [0.1, 0.15) is 5.75 Å². The van der Waals surface area contributed by atoms with Gasteiger partial charge in [-0.25, -0.2) is 0 Å². The second-order valence-electron chi connectivity index (χ2n) is 6.94. The number of phenolic OH excluding ortho intramolecular Hbond substituents is 1. The van der Waals surface area contributed by atoms with E-state index in [1.165, 1.54) is 44.1 Å². The molecule has 4 N–H and O–H groups in total. The highest BCUT2D eigenvalue weighted by atomic mass is 16.3. The highest BCUT2D eigenvalue weighted by molar-refractivity contribution is 5.36. The van der Waals surface area contributed by atoms with Crippen LogP contribution in [0.2, 0.25) is 0 Å². The van der Waals surface area contributed by atoms with Gasteiger partial charge >= 0.3 is 0 Å². The van der Waals surface area contributed by atoms with Crippen LogP contribution in [0.5, 0.6) is 5.75 Å². The molecule has 0 unspecified atom stereocenters. The molecule has 0 bridgehead atoms. The molecule has 0 saturated heterocycles. The fourth-order valence-electron chi connectivity index (χ4n) is 2.94. The van der Waals surface area contributed by atoms with E-state index in [4.69, 9.17) is 5.73 Å². The molecule has 0 radical (unpaired) electrons. The molecule has 1 aromatic rings. The van der Waals surface area contributed by atoms with Gasteiger partial charge in [-0.05, 0) is 50.2 Å². The monoisotopic (exact) mass is 370 g/mol. The van der Waals surface area contributed by atoms with Crippen LogP contribution in [0.25, 0.3) is 0 Å². The molecule has 27 heavy (non-hydrogen) atoms. The minimum atomic E-state index is 0.392. The number of unbranched alkanes of at least 4 members (excludes halogenated alkanes) is 5. The first-order valence-corrected chi connectivity index (χ1v) is 10.4. The smallest absolute Gasteiger partial charge is 0.120 e. The molecule has 1 rings (SSSR count). The van der Waals surface area contributed by atoms with Crippen molar-refractivity contribution in [1.29, 1.82) is 0 Å². The Kier molecular flexibility index (Phi) is 14.0. The summed E-state index contributed by atoms with van der Waals surface area (Å²) in [6.07, 6.45) is 21.3. The molecule has 0 aliphatic carbocycles. The van der Waals surface area contributed by atoms with Crippen molar-refractivity contribution in [2.45, 2.75) is 64.3 Å². The van der Waals surface area contributed by atoms with Crippen LogP contribution in [0.4, 0.5) is 0 Å². The maximum Gasteiger partial charge on any atom is 0.120 e. The molecule has 3 heteroatoms. The summed E-state index contributed by atoms with van der Waals surface area (Å²) in [5.41, 5.74) is 7.63. The molecule has 0 amide bonds. The van der Waals surface area contributed by atoms with Crippen molar-refractivity contribution < 1.29 is 5.11 Å². The molecule has 3 nitrogen and oxygen atoms in total. The van der Waals surface area contributed by atoms with Crippen LogP contribution < -0.4 is 11.1 Å². The molecular formula is C24H38N2O. The summed E-state index contributed by atoms with van der Waals surface area (Å²) in [5.74, 6) is 0.392. The number of hydrogen-bond donors (Lipinski definition) is 3. The molecule has 0 aromatic heterocycles. The Bertz CT molecular complexity index is 563. The van der Waals surface area contributed by atoms with Crippen molar-refractivity contribution >= 4 is 0 Å². The standard InChI is InChI=1S/C24H38N2O/c1-2-3-4-5-6-7-8-9-10-11-12-13-14-15-22-16-17-23(24(27)20-22)21-26-19-18-25/h2,4-5,7-8,16-17,20,26-27H,1,3,6,9-15,18-19,21,25H2/b5-4-,8-7-. The van der Waals surface area contributed by atoms with Crippen LogP contribution in [0.15, 0.2) is 55.2 Å². The first-order valence-electron chi connectivity index (χ1n) is 10.4. The highest BCUT2D eigenvalue weighted by Gasteiger charge is 2.02. The topological polar surface area (TPSA) is 58.3 Å². The minimum absolute atomic E-state index is 0.392. The average Bonchev–Trinajstić information content (AvgIpc) is 2.67. The van der Waals surface area contributed by atoms with Crippen LogP contribution in [0, 0.1) is 0 Å². The quantitative estimate of drug-likeness (QED) is 0.270. The Morgan fingerprint density at radius 2 is 1.70 bits per heavy atom. The summed E-state index contributed by atoms with van der Waals surface area (Å²) >= 11 is 0. The van der Waals surface area contributed by atoms with Gasteiger partial charge in [0, 0.05) is 25.2 Å². The molecule has 0 atom stereocenters. The number of rotatable bonds is 16. The Labute approximate surface area is 166 Å². The number of nitrogens with one attached hydrogen (secondary N) is 1. The molecule has 0 spiro atoms. The molecule has 0 aliphatic heterocycles. The molecule has 0 saturated carbocycles. The number of allylic oxidation sites excluding steroid dienone is 5. The average molecular weight is 371 g/mol. The number of hydrogen-bond acceptors (Lipinski definition) is 3. The third kappa shape index (κ3) is 12.2. The van der Waals surface area contributed by atoms with E-state index in [1.807, 2.05) is 18.2 Å². The van der Waals surface area contributed by atoms with Crippen LogP contribution in [0.3, 0.4) is 0 Å². The van der Waals surface area contributed by atoms with Gasteiger partial charge < -0.3 is 16.2 Å². The largest absolute Gasteiger partial charge is 0.508 e. The lowest BCUT2D eigenvalue weighted by Gasteiger charge is -2.08. The summed E-state index contributed by atoms with van der Waals surface area (Å²) in [6, 6.07) is 6.06. The molecule has 0 fully saturated rings. The number of aromatic hydroxyl groups is 1.